The van der Waals surface area contributed by atoms with E-state index in [0.29, 0.717) is 5.69 Å². The molecule has 0 heterocycles. The zero-order valence-electron chi connectivity index (χ0n) is 22.0. The van der Waals surface area contributed by atoms with E-state index in [0.717, 1.165) is 18.6 Å². The summed E-state index contributed by atoms with van der Waals surface area (Å²) < 4.78 is 38.8. The van der Waals surface area contributed by atoms with Gasteiger partial charge in [-0.3, -0.25) is 5.32 Å². The highest BCUT2D eigenvalue weighted by atomic mass is 19.1. The van der Waals surface area contributed by atoms with Crippen molar-refractivity contribution < 1.29 is 42.5 Å². The summed E-state index contributed by atoms with van der Waals surface area (Å²) in [5, 5.41) is 2.66. The number of amides is 1. The first kappa shape index (κ1) is 28.4. The molecule has 0 radical (unpaired) electrons. The van der Waals surface area contributed by atoms with Crippen molar-refractivity contribution in [1.82, 2.24) is 0 Å². The Kier molecular flexibility index (Phi) is 9.93. The topological polar surface area (TPSA) is 109 Å². The summed E-state index contributed by atoms with van der Waals surface area (Å²) in [6.07, 6.45) is 2.98. The Bertz CT molecular complexity index is 1270. The highest BCUT2D eigenvalue weighted by molar-refractivity contribution is 5.91. The molecule has 0 saturated heterocycles. The Balaban J connectivity index is 1.22. The first-order valence-electron chi connectivity index (χ1n) is 13.0. The first-order chi connectivity index (χ1) is 19.3. The Morgan fingerprint density at radius 1 is 0.775 bits per heavy atom. The molecule has 40 heavy (non-hydrogen) atoms. The van der Waals surface area contributed by atoms with E-state index in [9.17, 15) is 18.8 Å². The van der Waals surface area contributed by atoms with E-state index in [1.54, 1.807) is 12.1 Å². The van der Waals surface area contributed by atoms with Crippen molar-refractivity contribution in [3.05, 3.63) is 78.4 Å². The van der Waals surface area contributed by atoms with Crippen LogP contribution in [-0.4, -0.2) is 37.1 Å². The van der Waals surface area contributed by atoms with Gasteiger partial charge in [-0.1, -0.05) is 6.42 Å². The third-order valence-corrected chi connectivity index (χ3v) is 5.92. The zero-order chi connectivity index (χ0) is 28.3. The van der Waals surface area contributed by atoms with Crippen LogP contribution >= 0.6 is 0 Å². The van der Waals surface area contributed by atoms with Gasteiger partial charge in [0.05, 0.1) is 11.7 Å². The summed E-state index contributed by atoms with van der Waals surface area (Å²) in [4.78, 5) is 36.2. The molecule has 0 bridgehead atoms. The van der Waals surface area contributed by atoms with E-state index in [1.807, 2.05) is 12.1 Å². The van der Waals surface area contributed by atoms with Gasteiger partial charge >= 0.3 is 18.2 Å². The van der Waals surface area contributed by atoms with Crippen LogP contribution in [0.3, 0.4) is 0 Å². The monoisotopic (exact) mass is 551 g/mol. The SMILES string of the molecule is CC(F)COC(=O)Oc1ccc(OC(=O)c2ccc(OC(=O)Nc3ccc(OC4CCCCC4)cc3)cc2)cc1. The summed E-state index contributed by atoms with van der Waals surface area (Å²) in [6.45, 7) is 0.843. The van der Waals surface area contributed by atoms with E-state index in [-0.39, 0.29) is 28.9 Å². The van der Waals surface area contributed by atoms with Gasteiger partial charge in [0.1, 0.15) is 35.8 Å². The van der Waals surface area contributed by atoms with Crippen molar-refractivity contribution in [1.29, 1.82) is 0 Å². The maximum atomic E-state index is 12.7. The zero-order valence-corrected chi connectivity index (χ0v) is 22.0. The number of ether oxygens (including phenoxy) is 5. The highest BCUT2D eigenvalue weighted by Gasteiger charge is 2.15. The van der Waals surface area contributed by atoms with Crippen molar-refractivity contribution in [2.24, 2.45) is 0 Å². The molecule has 9 nitrogen and oxygen atoms in total. The fourth-order valence-corrected chi connectivity index (χ4v) is 3.95. The van der Waals surface area contributed by atoms with Gasteiger partial charge in [-0.25, -0.2) is 18.8 Å². The summed E-state index contributed by atoms with van der Waals surface area (Å²) in [6, 6.07) is 18.6. The third-order valence-electron chi connectivity index (χ3n) is 5.92. The van der Waals surface area contributed by atoms with Crippen LogP contribution in [0.2, 0.25) is 0 Å². The van der Waals surface area contributed by atoms with E-state index < -0.39 is 31.0 Å². The number of anilines is 1. The molecule has 1 amide bonds. The van der Waals surface area contributed by atoms with Gasteiger partial charge in [0.25, 0.3) is 0 Å². The first-order valence-corrected chi connectivity index (χ1v) is 13.0. The van der Waals surface area contributed by atoms with Crippen molar-refractivity contribution in [2.75, 3.05) is 11.9 Å². The number of alkyl halides is 1. The molecule has 1 unspecified atom stereocenters. The molecule has 1 aliphatic carbocycles. The number of esters is 1. The normalized spacial score (nSPS) is 13.9. The van der Waals surface area contributed by atoms with Crippen molar-refractivity contribution >= 4 is 23.9 Å². The Morgan fingerprint density at radius 2 is 1.32 bits per heavy atom. The van der Waals surface area contributed by atoms with E-state index in [1.165, 1.54) is 74.7 Å². The fraction of sp³-hybridized carbons (Fsp3) is 0.300. The minimum Gasteiger partial charge on any atom is -0.490 e. The second-order valence-electron chi connectivity index (χ2n) is 9.25. The molecule has 1 fully saturated rings. The Labute approximate surface area is 231 Å². The average molecular weight is 552 g/mol. The lowest BCUT2D eigenvalue weighted by Crippen LogP contribution is -2.19. The minimum atomic E-state index is -1.30. The summed E-state index contributed by atoms with van der Waals surface area (Å²) in [5.41, 5.74) is 0.787. The van der Waals surface area contributed by atoms with E-state index in [4.69, 9.17) is 18.9 Å². The quantitative estimate of drug-likeness (QED) is 0.170. The lowest BCUT2D eigenvalue weighted by molar-refractivity contribution is 0.0730. The number of rotatable bonds is 9. The van der Waals surface area contributed by atoms with Crippen LogP contribution in [0.5, 0.6) is 23.0 Å². The molecule has 1 atom stereocenters. The van der Waals surface area contributed by atoms with E-state index in [2.05, 4.69) is 10.1 Å². The molecular weight excluding hydrogens is 521 g/mol. The van der Waals surface area contributed by atoms with Gasteiger partial charge in [0, 0.05) is 5.69 Å². The van der Waals surface area contributed by atoms with Crippen molar-refractivity contribution in [3.8, 4) is 23.0 Å². The highest BCUT2D eigenvalue weighted by Crippen LogP contribution is 2.25. The van der Waals surface area contributed by atoms with Gasteiger partial charge in [-0.2, -0.15) is 0 Å². The maximum Gasteiger partial charge on any atom is 0.513 e. The molecular formula is C30H30FNO8. The second kappa shape index (κ2) is 14.0. The molecule has 0 spiro atoms. The molecule has 1 saturated carbocycles. The van der Waals surface area contributed by atoms with Gasteiger partial charge in [0.2, 0.25) is 0 Å². The van der Waals surface area contributed by atoms with Crippen LogP contribution in [0.4, 0.5) is 19.7 Å². The molecule has 0 aromatic heterocycles. The van der Waals surface area contributed by atoms with Crippen LogP contribution in [0.25, 0.3) is 0 Å². The van der Waals surface area contributed by atoms with Crippen LogP contribution in [0.1, 0.15) is 49.4 Å². The molecule has 0 aliphatic heterocycles. The fourth-order valence-electron chi connectivity index (χ4n) is 3.95. The Hall–Kier alpha value is -4.60. The molecule has 10 heteroatoms. The molecule has 4 rings (SSSR count). The van der Waals surface area contributed by atoms with Gasteiger partial charge in [-0.15, -0.1) is 0 Å². The second-order valence-corrected chi connectivity index (χ2v) is 9.25. The lowest BCUT2D eigenvalue weighted by Gasteiger charge is -2.23. The average Bonchev–Trinajstić information content (AvgIpc) is 2.95. The predicted octanol–water partition coefficient (Wildman–Crippen LogP) is 7.10. The van der Waals surface area contributed by atoms with Crippen LogP contribution in [-0.2, 0) is 4.74 Å². The number of hydrogen-bond acceptors (Lipinski definition) is 8. The van der Waals surface area contributed by atoms with Gasteiger partial charge in [-0.05, 0) is 105 Å². The molecule has 210 valence electrons. The smallest absolute Gasteiger partial charge is 0.490 e. The molecule has 1 N–H and O–H groups in total. The largest absolute Gasteiger partial charge is 0.513 e. The molecule has 3 aromatic carbocycles. The lowest BCUT2D eigenvalue weighted by atomic mass is 9.98. The summed E-state index contributed by atoms with van der Waals surface area (Å²) >= 11 is 0. The number of hydrogen-bond donors (Lipinski definition) is 1. The number of halogens is 1. The van der Waals surface area contributed by atoms with Gasteiger partial charge < -0.3 is 23.7 Å². The Morgan fingerprint density at radius 3 is 1.95 bits per heavy atom. The van der Waals surface area contributed by atoms with E-state index >= 15 is 0 Å². The number of carbonyl (C=O) groups excluding carboxylic acids is 3. The molecule has 1 aliphatic rings. The molecule has 3 aromatic rings. The van der Waals surface area contributed by atoms with Crippen LogP contribution in [0, 0.1) is 0 Å². The minimum absolute atomic E-state index is 0.139. The standard InChI is InChI=1S/C30H30FNO8/c1-20(31)19-36-30(35)40-27-17-15-25(16-18-27)38-28(33)21-7-11-26(12-8-21)39-29(34)32-22-9-13-24(14-10-22)37-23-5-3-2-4-6-23/h7-18,20,23H,2-6,19H2,1H3,(H,32,34). The third kappa shape index (κ3) is 9.00. The number of carbonyl (C=O) groups is 3. The summed E-state index contributed by atoms with van der Waals surface area (Å²) in [7, 11) is 0. The number of nitrogens with one attached hydrogen (secondary N) is 1. The maximum absolute atomic E-state index is 12.7. The summed E-state index contributed by atoms with van der Waals surface area (Å²) in [5.74, 6) is 0.707. The van der Waals surface area contributed by atoms with Gasteiger partial charge in [0.15, 0.2) is 0 Å². The predicted molar refractivity (Wildman–Crippen MR) is 144 cm³/mol. The van der Waals surface area contributed by atoms with Crippen molar-refractivity contribution in [3.63, 3.8) is 0 Å². The number of benzene rings is 3. The van der Waals surface area contributed by atoms with Crippen LogP contribution in [0.15, 0.2) is 72.8 Å². The van der Waals surface area contributed by atoms with Crippen molar-refractivity contribution in [2.45, 2.75) is 51.3 Å². The van der Waals surface area contributed by atoms with Crippen LogP contribution < -0.4 is 24.3 Å².